The van der Waals surface area contributed by atoms with Crippen LogP contribution in [0.3, 0.4) is 0 Å². The van der Waals surface area contributed by atoms with E-state index in [-0.39, 0.29) is 5.95 Å². The molecule has 0 aliphatic heterocycles. The summed E-state index contributed by atoms with van der Waals surface area (Å²) in [6.07, 6.45) is 0. The van der Waals surface area contributed by atoms with E-state index in [0.29, 0.717) is 5.82 Å². The second kappa shape index (κ2) is 6.89. The Balaban J connectivity index is 1.85. The Morgan fingerprint density at radius 3 is 2.56 bits per heavy atom. The first-order chi connectivity index (χ1) is 13.0. The quantitative estimate of drug-likeness (QED) is 0.393. The molecule has 0 fully saturated rings. The number of benzene rings is 3. The van der Waals surface area contributed by atoms with Crippen molar-refractivity contribution in [2.45, 2.75) is 6.92 Å². The van der Waals surface area contributed by atoms with E-state index in [1.54, 1.807) is 0 Å². The average molecular weight is 420 g/mol. The molecule has 6 heteroatoms. The number of hydrogen-bond acceptors (Lipinski definition) is 5. The molecule has 3 aromatic carbocycles. The summed E-state index contributed by atoms with van der Waals surface area (Å²) in [6.45, 7) is 2.05. The van der Waals surface area contributed by atoms with Crippen LogP contribution in [0.25, 0.3) is 22.0 Å². The summed E-state index contributed by atoms with van der Waals surface area (Å²) in [5.74, 6) is 0.905. The molecule has 0 spiro atoms. The van der Waals surface area contributed by atoms with Crippen molar-refractivity contribution in [1.29, 1.82) is 0 Å². The summed E-state index contributed by atoms with van der Waals surface area (Å²) in [5.41, 5.74) is 17.6. The van der Waals surface area contributed by atoms with Crippen molar-refractivity contribution in [3.63, 3.8) is 0 Å². The highest BCUT2D eigenvalue weighted by molar-refractivity contribution is 9.10. The molecule has 0 unspecified atom stereocenters. The second-order valence-electron chi connectivity index (χ2n) is 6.37. The van der Waals surface area contributed by atoms with Crippen LogP contribution in [0.15, 0.2) is 65.1 Å². The Morgan fingerprint density at radius 2 is 1.78 bits per heavy atom. The lowest BCUT2D eigenvalue weighted by molar-refractivity contribution is 1.23. The Hall–Kier alpha value is -3.12. The Labute approximate surface area is 165 Å². The number of aromatic nitrogens is 2. The molecule has 0 amide bonds. The minimum Gasteiger partial charge on any atom is -0.399 e. The number of nitrogens with one attached hydrogen (secondary N) is 1. The number of aryl methyl sites for hydroxylation is 1. The van der Waals surface area contributed by atoms with Crippen LogP contribution in [0.4, 0.5) is 23.1 Å². The summed E-state index contributed by atoms with van der Waals surface area (Å²) < 4.78 is 0.983. The number of nitrogens with two attached hydrogens (primary N) is 2. The summed E-state index contributed by atoms with van der Waals surface area (Å²) >= 11 is 3.49. The zero-order valence-corrected chi connectivity index (χ0v) is 16.3. The standard InChI is InChI=1S/C21H18BrN5/c1-12-9-15(23)6-7-17(12)13-5-8-19-18(10-13)20(27-21(24)26-19)25-16-4-2-3-14(22)11-16/h2-11H,23H2,1H3,(H3,24,25,26,27). The average Bonchev–Trinajstić information content (AvgIpc) is 2.61. The number of nitrogen functional groups attached to an aromatic ring is 2. The maximum absolute atomic E-state index is 5.91. The van der Waals surface area contributed by atoms with E-state index in [2.05, 4.69) is 44.2 Å². The summed E-state index contributed by atoms with van der Waals surface area (Å²) in [7, 11) is 0. The van der Waals surface area contributed by atoms with Crippen LogP contribution in [0.5, 0.6) is 0 Å². The maximum atomic E-state index is 5.91. The van der Waals surface area contributed by atoms with Gasteiger partial charge < -0.3 is 16.8 Å². The SMILES string of the molecule is Cc1cc(N)ccc1-c1ccc2nc(N)nc(Nc3cccc(Br)c3)c2c1. The number of anilines is 4. The van der Waals surface area contributed by atoms with E-state index in [4.69, 9.17) is 11.5 Å². The molecule has 4 aromatic rings. The number of halogens is 1. The van der Waals surface area contributed by atoms with Gasteiger partial charge in [-0.3, -0.25) is 0 Å². The smallest absolute Gasteiger partial charge is 0.222 e. The molecule has 0 aliphatic rings. The highest BCUT2D eigenvalue weighted by Crippen LogP contribution is 2.32. The van der Waals surface area contributed by atoms with Crippen LogP contribution in [-0.4, -0.2) is 9.97 Å². The van der Waals surface area contributed by atoms with Crippen LogP contribution in [-0.2, 0) is 0 Å². The van der Waals surface area contributed by atoms with Crippen LogP contribution in [0.2, 0.25) is 0 Å². The first-order valence-corrected chi connectivity index (χ1v) is 9.25. The van der Waals surface area contributed by atoms with E-state index in [1.807, 2.05) is 54.6 Å². The van der Waals surface area contributed by atoms with Gasteiger partial charge in [0.1, 0.15) is 5.82 Å². The molecule has 0 radical (unpaired) electrons. The fraction of sp³-hybridized carbons (Fsp3) is 0.0476. The van der Waals surface area contributed by atoms with E-state index in [9.17, 15) is 0 Å². The number of rotatable bonds is 3. The van der Waals surface area contributed by atoms with Gasteiger partial charge in [-0.25, -0.2) is 4.98 Å². The molecule has 5 nitrogen and oxygen atoms in total. The lowest BCUT2D eigenvalue weighted by atomic mass is 9.98. The zero-order valence-electron chi connectivity index (χ0n) is 14.7. The lowest BCUT2D eigenvalue weighted by Crippen LogP contribution is -2.01. The Bertz CT molecular complexity index is 1160. The van der Waals surface area contributed by atoms with Gasteiger partial charge in [0.05, 0.1) is 5.52 Å². The predicted molar refractivity (Wildman–Crippen MR) is 116 cm³/mol. The molecule has 1 aromatic heterocycles. The predicted octanol–water partition coefficient (Wildman–Crippen LogP) is 5.28. The van der Waals surface area contributed by atoms with Crippen molar-refractivity contribution < 1.29 is 0 Å². The monoisotopic (exact) mass is 419 g/mol. The molecule has 0 saturated heterocycles. The third kappa shape index (κ3) is 3.57. The molecule has 1 heterocycles. The van der Waals surface area contributed by atoms with Gasteiger partial charge in [0.2, 0.25) is 5.95 Å². The van der Waals surface area contributed by atoms with Gasteiger partial charge in [-0.1, -0.05) is 34.1 Å². The minimum atomic E-state index is 0.233. The van der Waals surface area contributed by atoms with Crippen LogP contribution < -0.4 is 16.8 Å². The third-order valence-electron chi connectivity index (χ3n) is 4.36. The fourth-order valence-electron chi connectivity index (χ4n) is 3.12. The summed E-state index contributed by atoms with van der Waals surface area (Å²) in [5, 5.41) is 4.25. The van der Waals surface area contributed by atoms with Crippen molar-refractivity contribution in [2.75, 3.05) is 16.8 Å². The minimum absolute atomic E-state index is 0.233. The zero-order chi connectivity index (χ0) is 19.0. The van der Waals surface area contributed by atoms with Gasteiger partial charge in [-0.15, -0.1) is 0 Å². The van der Waals surface area contributed by atoms with E-state index < -0.39 is 0 Å². The van der Waals surface area contributed by atoms with E-state index in [1.165, 1.54) is 0 Å². The number of hydrogen-bond donors (Lipinski definition) is 3. The van der Waals surface area contributed by atoms with Gasteiger partial charge in [-0.2, -0.15) is 4.98 Å². The molecule has 134 valence electrons. The first kappa shape index (κ1) is 17.3. The molecule has 4 rings (SSSR count). The van der Waals surface area contributed by atoms with E-state index in [0.717, 1.165) is 43.4 Å². The van der Waals surface area contributed by atoms with Crippen molar-refractivity contribution in [2.24, 2.45) is 0 Å². The van der Waals surface area contributed by atoms with Crippen LogP contribution >= 0.6 is 15.9 Å². The normalized spacial score (nSPS) is 10.9. The van der Waals surface area contributed by atoms with Gasteiger partial charge >= 0.3 is 0 Å². The van der Waals surface area contributed by atoms with Crippen LogP contribution in [0.1, 0.15) is 5.56 Å². The summed E-state index contributed by atoms with van der Waals surface area (Å²) in [4.78, 5) is 8.78. The van der Waals surface area contributed by atoms with Crippen molar-refractivity contribution in [1.82, 2.24) is 9.97 Å². The molecular formula is C21H18BrN5. The van der Waals surface area contributed by atoms with E-state index >= 15 is 0 Å². The van der Waals surface area contributed by atoms with Crippen molar-refractivity contribution in [3.05, 3.63) is 70.7 Å². The first-order valence-electron chi connectivity index (χ1n) is 8.46. The molecule has 0 atom stereocenters. The summed E-state index contributed by atoms with van der Waals surface area (Å²) in [6, 6.07) is 19.9. The molecule has 5 N–H and O–H groups in total. The molecular weight excluding hydrogens is 402 g/mol. The number of nitrogens with zero attached hydrogens (tertiary/aromatic N) is 2. The van der Waals surface area contributed by atoms with Gasteiger partial charge in [0.25, 0.3) is 0 Å². The number of fused-ring (bicyclic) bond motifs is 1. The van der Waals surface area contributed by atoms with Crippen molar-refractivity contribution >= 4 is 50.0 Å². The maximum Gasteiger partial charge on any atom is 0.222 e. The second-order valence-corrected chi connectivity index (χ2v) is 7.29. The Morgan fingerprint density at radius 1 is 0.926 bits per heavy atom. The lowest BCUT2D eigenvalue weighted by Gasteiger charge is -2.12. The molecule has 0 aliphatic carbocycles. The third-order valence-corrected chi connectivity index (χ3v) is 4.86. The molecule has 27 heavy (non-hydrogen) atoms. The molecule has 0 saturated carbocycles. The molecule has 0 bridgehead atoms. The van der Waals surface area contributed by atoms with Gasteiger partial charge in [-0.05, 0) is 66.1 Å². The highest BCUT2D eigenvalue weighted by Gasteiger charge is 2.10. The topological polar surface area (TPSA) is 89.8 Å². The fourth-order valence-corrected chi connectivity index (χ4v) is 3.52. The van der Waals surface area contributed by atoms with Crippen molar-refractivity contribution in [3.8, 4) is 11.1 Å². The van der Waals surface area contributed by atoms with Gasteiger partial charge in [0, 0.05) is 21.2 Å². The highest BCUT2D eigenvalue weighted by atomic mass is 79.9. The van der Waals surface area contributed by atoms with Gasteiger partial charge in [0.15, 0.2) is 0 Å². The largest absolute Gasteiger partial charge is 0.399 e. The van der Waals surface area contributed by atoms with Crippen LogP contribution in [0, 0.1) is 6.92 Å². The Kier molecular flexibility index (Phi) is 4.41.